The summed E-state index contributed by atoms with van der Waals surface area (Å²) in [5, 5.41) is 16.2. The lowest BCUT2D eigenvalue weighted by molar-refractivity contribution is -0.142. The van der Waals surface area contributed by atoms with Crippen molar-refractivity contribution in [2.24, 2.45) is 11.5 Å². The Morgan fingerprint density at radius 3 is 2.07 bits per heavy atom. The summed E-state index contributed by atoms with van der Waals surface area (Å²) in [6.07, 6.45) is 1.65. The number of rotatable bonds is 13. The van der Waals surface area contributed by atoms with Crippen molar-refractivity contribution in [2.75, 3.05) is 17.8 Å². The molecule has 0 aliphatic heterocycles. The molecule has 0 radical (unpaired) electrons. The summed E-state index contributed by atoms with van der Waals surface area (Å²) in [5.41, 5.74) is 10.4. The number of thioether (sulfide) groups is 1. The number of hydrogen-bond donors (Lipinski definition) is 7. The van der Waals surface area contributed by atoms with E-state index >= 15 is 0 Å². The molecule has 0 aromatic carbocycles. The quantitative estimate of drug-likeness (QED) is 0.153. The predicted octanol–water partition coefficient (Wildman–Crippen LogP) is -2.57. The fourth-order valence-corrected chi connectivity index (χ4v) is 2.68. The van der Waals surface area contributed by atoms with Gasteiger partial charge in [-0.1, -0.05) is 0 Å². The average Bonchev–Trinajstić information content (AvgIpc) is 2.61. The highest BCUT2D eigenvalue weighted by Gasteiger charge is 2.28. The van der Waals surface area contributed by atoms with Gasteiger partial charge in [0, 0.05) is 5.75 Å². The molecule has 0 aliphatic carbocycles. The van der Waals surface area contributed by atoms with Gasteiger partial charge in [0.25, 0.3) is 0 Å². The number of nitrogens with two attached hydrogens (primary N) is 2. The molecule has 13 heteroatoms. The minimum atomic E-state index is -1.20. The Labute approximate surface area is 172 Å². The van der Waals surface area contributed by atoms with Gasteiger partial charge in [-0.25, -0.2) is 4.79 Å². The topological polar surface area (TPSA) is 194 Å². The first-order valence-electron chi connectivity index (χ1n) is 8.31. The first-order valence-corrected chi connectivity index (χ1v) is 10.3. The molecule has 8 N–H and O–H groups in total. The molecular weight excluding hydrogens is 410 g/mol. The maximum Gasteiger partial charge on any atom is 0.326 e. The molecule has 0 saturated carbocycles. The molecule has 11 nitrogen and oxygen atoms in total. The lowest BCUT2D eigenvalue weighted by Crippen LogP contribution is -2.57. The number of hydrogen-bond acceptors (Lipinski definition) is 8. The van der Waals surface area contributed by atoms with Crippen molar-refractivity contribution in [1.29, 1.82) is 0 Å². The fourth-order valence-electron chi connectivity index (χ4n) is 1.95. The molecular formula is C15H27N5O6S2. The van der Waals surface area contributed by atoms with Crippen LogP contribution in [0.1, 0.15) is 19.8 Å². The first kappa shape index (κ1) is 26.0. The van der Waals surface area contributed by atoms with Gasteiger partial charge >= 0.3 is 5.97 Å². The summed E-state index contributed by atoms with van der Waals surface area (Å²) >= 11 is 5.43. The third-order valence-electron chi connectivity index (χ3n) is 3.55. The second-order valence-electron chi connectivity index (χ2n) is 5.93. The SMILES string of the molecule is CSCCC(NC(=O)C(CS)NC(=O)C(C)NC(=O)C(N)CC(N)=O)C(=O)O. The van der Waals surface area contributed by atoms with Gasteiger partial charge in [-0.3, -0.25) is 19.2 Å². The molecule has 4 atom stereocenters. The summed E-state index contributed by atoms with van der Waals surface area (Å²) < 4.78 is 0. The number of carboxylic acid groups (broad SMARTS) is 1. The number of nitrogens with one attached hydrogen (secondary N) is 3. The molecule has 0 aromatic rings. The van der Waals surface area contributed by atoms with Gasteiger partial charge in [0.15, 0.2) is 0 Å². The predicted molar refractivity (Wildman–Crippen MR) is 108 cm³/mol. The molecule has 0 fully saturated rings. The van der Waals surface area contributed by atoms with Crippen LogP contribution in [-0.2, 0) is 24.0 Å². The van der Waals surface area contributed by atoms with Crippen LogP contribution in [0, 0.1) is 0 Å². The molecule has 0 spiro atoms. The van der Waals surface area contributed by atoms with Crippen LogP contribution in [0.2, 0.25) is 0 Å². The Morgan fingerprint density at radius 1 is 1.04 bits per heavy atom. The van der Waals surface area contributed by atoms with E-state index in [1.165, 1.54) is 18.7 Å². The van der Waals surface area contributed by atoms with Crippen LogP contribution in [0.15, 0.2) is 0 Å². The van der Waals surface area contributed by atoms with Gasteiger partial charge in [0.1, 0.15) is 18.1 Å². The normalized spacial score (nSPS) is 14.9. The summed E-state index contributed by atoms with van der Waals surface area (Å²) in [7, 11) is 0. The van der Waals surface area contributed by atoms with Crippen LogP contribution < -0.4 is 27.4 Å². The Morgan fingerprint density at radius 2 is 1.61 bits per heavy atom. The largest absolute Gasteiger partial charge is 0.480 e. The van der Waals surface area contributed by atoms with E-state index in [9.17, 15) is 24.0 Å². The Bertz CT molecular complexity index is 591. The van der Waals surface area contributed by atoms with Crippen LogP contribution in [0.4, 0.5) is 0 Å². The molecule has 4 unspecified atom stereocenters. The number of carboxylic acids is 1. The highest BCUT2D eigenvalue weighted by Crippen LogP contribution is 2.02. The molecule has 0 saturated heterocycles. The van der Waals surface area contributed by atoms with E-state index in [-0.39, 0.29) is 18.6 Å². The minimum absolute atomic E-state index is 0.0890. The summed E-state index contributed by atoms with van der Waals surface area (Å²) in [6.45, 7) is 1.36. The second kappa shape index (κ2) is 13.2. The molecule has 0 bridgehead atoms. The van der Waals surface area contributed by atoms with Crippen molar-refractivity contribution in [3.8, 4) is 0 Å². The van der Waals surface area contributed by atoms with Crippen molar-refractivity contribution in [2.45, 2.75) is 43.9 Å². The minimum Gasteiger partial charge on any atom is -0.480 e. The monoisotopic (exact) mass is 437 g/mol. The third kappa shape index (κ3) is 9.80. The van der Waals surface area contributed by atoms with Gasteiger partial charge in [-0.2, -0.15) is 24.4 Å². The molecule has 160 valence electrons. The molecule has 0 aromatic heterocycles. The Hall–Kier alpha value is -1.99. The highest BCUT2D eigenvalue weighted by molar-refractivity contribution is 7.98. The van der Waals surface area contributed by atoms with Crippen molar-refractivity contribution >= 4 is 54.0 Å². The van der Waals surface area contributed by atoms with E-state index in [0.29, 0.717) is 5.75 Å². The van der Waals surface area contributed by atoms with E-state index in [1.54, 1.807) is 0 Å². The molecule has 28 heavy (non-hydrogen) atoms. The van der Waals surface area contributed by atoms with Gasteiger partial charge in [-0.15, -0.1) is 0 Å². The van der Waals surface area contributed by atoms with E-state index in [4.69, 9.17) is 16.6 Å². The third-order valence-corrected chi connectivity index (χ3v) is 4.56. The Kier molecular flexibility index (Phi) is 12.3. The summed E-state index contributed by atoms with van der Waals surface area (Å²) in [5.74, 6) is -3.67. The van der Waals surface area contributed by atoms with Crippen LogP contribution in [-0.4, -0.2) is 76.6 Å². The molecule has 0 aliphatic rings. The van der Waals surface area contributed by atoms with E-state index < -0.39 is 53.8 Å². The maximum atomic E-state index is 12.3. The van der Waals surface area contributed by atoms with Gasteiger partial charge < -0.3 is 32.5 Å². The van der Waals surface area contributed by atoms with Crippen molar-refractivity contribution in [3.05, 3.63) is 0 Å². The lowest BCUT2D eigenvalue weighted by Gasteiger charge is -2.22. The van der Waals surface area contributed by atoms with Crippen LogP contribution >= 0.6 is 24.4 Å². The smallest absolute Gasteiger partial charge is 0.326 e. The number of thiol groups is 1. The summed E-state index contributed by atoms with van der Waals surface area (Å²) in [4.78, 5) is 58.3. The van der Waals surface area contributed by atoms with Crippen LogP contribution in [0.25, 0.3) is 0 Å². The highest BCUT2D eigenvalue weighted by atomic mass is 32.2. The van der Waals surface area contributed by atoms with Crippen molar-refractivity contribution < 1.29 is 29.1 Å². The molecule has 0 rings (SSSR count). The van der Waals surface area contributed by atoms with E-state index in [0.717, 1.165) is 0 Å². The first-order chi connectivity index (χ1) is 13.0. The van der Waals surface area contributed by atoms with E-state index in [2.05, 4.69) is 28.6 Å². The standard InChI is InChI=1S/C15H27N5O6S2/c1-7(18-13(23)8(16)5-11(17)21)12(22)20-10(6-27)14(24)19-9(15(25)26)3-4-28-2/h7-10,27H,3-6,16H2,1-2H3,(H2,17,21)(H,18,23)(H,19,24)(H,20,22)(H,25,26). The zero-order valence-electron chi connectivity index (χ0n) is 15.6. The van der Waals surface area contributed by atoms with Crippen molar-refractivity contribution in [3.63, 3.8) is 0 Å². The fraction of sp³-hybridized carbons (Fsp3) is 0.667. The van der Waals surface area contributed by atoms with Crippen LogP contribution in [0.3, 0.4) is 0 Å². The zero-order valence-corrected chi connectivity index (χ0v) is 17.3. The number of aliphatic carboxylic acids is 1. The number of carbonyl (C=O) groups is 5. The van der Waals surface area contributed by atoms with Crippen molar-refractivity contribution in [1.82, 2.24) is 16.0 Å². The lowest BCUT2D eigenvalue weighted by atomic mass is 10.1. The average molecular weight is 438 g/mol. The van der Waals surface area contributed by atoms with Gasteiger partial charge in [0.2, 0.25) is 23.6 Å². The summed E-state index contributed by atoms with van der Waals surface area (Å²) in [6, 6.07) is -4.47. The zero-order chi connectivity index (χ0) is 21.9. The van der Waals surface area contributed by atoms with Crippen LogP contribution in [0.5, 0.6) is 0 Å². The molecule has 4 amide bonds. The number of primary amides is 1. The number of amides is 4. The Balaban J connectivity index is 4.79. The van der Waals surface area contributed by atoms with Gasteiger partial charge in [-0.05, 0) is 25.4 Å². The second-order valence-corrected chi connectivity index (χ2v) is 7.28. The van der Waals surface area contributed by atoms with Gasteiger partial charge in [0.05, 0.1) is 12.5 Å². The van der Waals surface area contributed by atoms with E-state index in [1.807, 2.05) is 6.26 Å². The maximum absolute atomic E-state index is 12.3. The number of carbonyl (C=O) groups excluding carboxylic acids is 4. The molecule has 0 heterocycles.